The van der Waals surface area contributed by atoms with Crippen LogP contribution >= 0.6 is 0 Å². The van der Waals surface area contributed by atoms with Gasteiger partial charge in [0.2, 0.25) is 0 Å². The summed E-state index contributed by atoms with van der Waals surface area (Å²) in [6.45, 7) is 5.58. The van der Waals surface area contributed by atoms with E-state index in [0.717, 1.165) is 24.8 Å². The van der Waals surface area contributed by atoms with E-state index in [1.54, 1.807) is 19.4 Å². The lowest BCUT2D eigenvalue weighted by Gasteiger charge is -2.11. The Morgan fingerprint density at radius 2 is 2.00 bits per heavy atom. The van der Waals surface area contributed by atoms with Gasteiger partial charge >= 0.3 is 0 Å². The van der Waals surface area contributed by atoms with Gasteiger partial charge in [0.15, 0.2) is 5.78 Å². The Hall–Kier alpha value is -3.41. The van der Waals surface area contributed by atoms with Crippen molar-refractivity contribution in [2.24, 2.45) is 5.92 Å². The zero-order valence-electron chi connectivity index (χ0n) is 18.5. The first-order valence-electron chi connectivity index (χ1n) is 10.5. The van der Waals surface area contributed by atoms with Crippen molar-refractivity contribution >= 4 is 17.4 Å². The predicted molar refractivity (Wildman–Crippen MR) is 123 cm³/mol. The summed E-state index contributed by atoms with van der Waals surface area (Å²) in [4.78, 5) is 29.4. The van der Waals surface area contributed by atoms with Gasteiger partial charge in [0.25, 0.3) is 5.56 Å². The number of nitrogens with one attached hydrogen (secondary N) is 1. The minimum atomic E-state index is -0.186. The van der Waals surface area contributed by atoms with Gasteiger partial charge < -0.3 is 4.74 Å². The second-order valence-electron chi connectivity index (χ2n) is 7.81. The number of ether oxygens (including phenoxy) is 1. The van der Waals surface area contributed by atoms with Crippen molar-refractivity contribution < 1.29 is 9.53 Å². The number of ketones is 1. The van der Waals surface area contributed by atoms with Crippen molar-refractivity contribution in [3.05, 3.63) is 75.3 Å². The van der Waals surface area contributed by atoms with Crippen LogP contribution in [0.3, 0.4) is 0 Å². The van der Waals surface area contributed by atoms with E-state index in [4.69, 9.17) is 4.74 Å². The van der Waals surface area contributed by atoms with Gasteiger partial charge in [0, 0.05) is 18.5 Å². The molecule has 1 unspecified atom stereocenters. The molecule has 1 atom stereocenters. The van der Waals surface area contributed by atoms with Crippen molar-refractivity contribution in [1.29, 1.82) is 0 Å². The zero-order valence-corrected chi connectivity index (χ0v) is 18.5. The topological polar surface area (TPSA) is 77.0 Å². The number of carbonyl (C=O) groups is 1. The Labute approximate surface area is 181 Å². The van der Waals surface area contributed by atoms with Crippen molar-refractivity contribution in [2.45, 2.75) is 40.0 Å². The maximum atomic E-state index is 13.4. The number of methoxy groups -OCH3 is 1. The van der Waals surface area contributed by atoms with Crippen LogP contribution in [0.25, 0.3) is 17.3 Å². The zero-order chi connectivity index (χ0) is 22.4. The molecule has 3 aromatic rings. The van der Waals surface area contributed by atoms with Crippen LogP contribution < -0.4 is 20.9 Å². The second-order valence-corrected chi connectivity index (χ2v) is 7.81. The molecular weight excluding hydrogens is 390 g/mol. The molecule has 2 aromatic heterocycles. The molecule has 1 N–H and O–H groups in total. The fourth-order valence-corrected chi connectivity index (χ4v) is 3.75. The van der Waals surface area contributed by atoms with Crippen molar-refractivity contribution in [3.63, 3.8) is 0 Å². The molecule has 0 amide bonds. The molecule has 0 saturated carbocycles. The number of para-hydroxylation sites is 2. The number of hydrogen-bond acceptors (Lipinski definition) is 4. The predicted octanol–water partition coefficient (Wildman–Crippen LogP) is 2.77. The lowest BCUT2D eigenvalue weighted by Crippen LogP contribution is -2.38. The standard InChI is InChI=1S/C25H29N3O3/c1-17(9-7-10-20-11-8-14-26-16-20)19(3)24-21(15-18(2)29)27-28(25(24)30)22-12-5-6-13-23(22)31-4/h5-6,8,11-17,27H,7,9-10H2,1-4H3/b21-15+,24-19+. The first-order valence-corrected chi connectivity index (χ1v) is 10.5. The molecule has 162 valence electrons. The summed E-state index contributed by atoms with van der Waals surface area (Å²) in [6, 6.07) is 11.3. The van der Waals surface area contributed by atoms with E-state index < -0.39 is 0 Å². The molecular formula is C25H29N3O3. The number of nitrogens with zero attached hydrogens (tertiary/aromatic N) is 2. The van der Waals surface area contributed by atoms with Gasteiger partial charge in [-0.15, -0.1) is 0 Å². The van der Waals surface area contributed by atoms with E-state index in [0.29, 0.717) is 22.0 Å². The maximum Gasteiger partial charge on any atom is 0.279 e. The van der Waals surface area contributed by atoms with Crippen molar-refractivity contribution in [1.82, 2.24) is 14.8 Å². The first kappa shape index (κ1) is 22.3. The SMILES string of the molecule is COc1ccccc1-n1[nH]c(=C/C(C)=O)/c(=C(/C)C(C)CCCc2cccnc2)c1=O. The average Bonchev–Trinajstić information content (AvgIpc) is 3.08. The van der Waals surface area contributed by atoms with E-state index >= 15 is 0 Å². The Morgan fingerprint density at radius 3 is 2.68 bits per heavy atom. The highest BCUT2D eigenvalue weighted by atomic mass is 16.5. The third-order valence-corrected chi connectivity index (χ3v) is 5.55. The summed E-state index contributed by atoms with van der Waals surface area (Å²) < 4.78 is 6.87. The molecule has 0 spiro atoms. The van der Waals surface area contributed by atoms with Crippen molar-refractivity contribution in [3.8, 4) is 11.4 Å². The highest BCUT2D eigenvalue weighted by Crippen LogP contribution is 2.20. The molecule has 0 aliphatic rings. The summed E-state index contributed by atoms with van der Waals surface area (Å²) in [6.07, 6.45) is 8.00. The highest BCUT2D eigenvalue weighted by Gasteiger charge is 2.14. The normalized spacial score (nSPS) is 13.7. The van der Waals surface area contributed by atoms with Crippen molar-refractivity contribution in [2.75, 3.05) is 7.11 Å². The molecule has 0 saturated heterocycles. The van der Waals surface area contributed by atoms with Crippen LogP contribution in [0.1, 0.15) is 39.2 Å². The third kappa shape index (κ3) is 5.20. The summed E-state index contributed by atoms with van der Waals surface area (Å²) in [5.74, 6) is 0.644. The molecule has 0 aliphatic heterocycles. The molecule has 0 bridgehead atoms. The smallest absolute Gasteiger partial charge is 0.279 e. The van der Waals surface area contributed by atoms with E-state index in [1.807, 2.05) is 37.4 Å². The van der Waals surface area contributed by atoms with Gasteiger partial charge in [-0.2, -0.15) is 0 Å². The molecule has 0 radical (unpaired) electrons. The molecule has 3 rings (SSSR count). The third-order valence-electron chi connectivity index (χ3n) is 5.55. The molecule has 6 nitrogen and oxygen atoms in total. The number of hydrogen-bond donors (Lipinski definition) is 1. The molecule has 1 aromatic carbocycles. The number of aryl methyl sites for hydroxylation is 1. The van der Waals surface area contributed by atoms with E-state index in [9.17, 15) is 9.59 Å². The first-order chi connectivity index (χ1) is 14.9. The molecule has 2 heterocycles. The fourth-order valence-electron chi connectivity index (χ4n) is 3.75. The second kappa shape index (κ2) is 10.1. The number of rotatable bonds is 8. The van der Waals surface area contributed by atoms with Crippen LogP contribution in [0.4, 0.5) is 0 Å². The Balaban J connectivity index is 2.01. The van der Waals surface area contributed by atoms with Gasteiger partial charge in [-0.05, 0) is 62.8 Å². The lowest BCUT2D eigenvalue weighted by atomic mass is 9.94. The van der Waals surface area contributed by atoms with Gasteiger partial charge in [-0.1, -0.05) is 30.7 Å². The molecule has 6 heteroatoms. The number of Topliss-reactive ketones (excluding diaryl/α,β-unsaturated/α-hetero) is 1. The number of pyridine rings is 1. The van der Waals surface area contributed by atoms with Crippen LogP contribution in [0.15, 0.2) is 53.6 Å². The minimum absolute atomic E-state index is 0.119. The van der Waals surface area contributed by atoms with E-state index in [1.165, 1.54) is 23.2 Å². The average molecular weight is 420 g/mol. The quantitative estimate of drug-likeness (QED) is 0.609. The molecule has 31 heavy (non-hydrogen) atoms. The Kier molecular flexibility index (Phi) is 7.23. The van der Waals surface area contributed by atoms with Crippen LogP contribution in [-0.2, 0) is 11.2 Å². The van der Waals surface area contributed by atoms with Crippen LogP contribution in [0, 0.1) is 5.92 Å². The highest BCUT2D eigenvalue weighted by molar-refractivity contribution is 6.03. The van der Waals surface area contributed by atoms with Gasteiger partial charge in [0.1, 0.15) is 11.4 Å². The largest absolute Gasteiger partial charge is 0.494 e. The number of H-pyrrole nitrogens is 1. The van der Waals surface area contributed by atoms with E-state index in [2.05, 4.69) is 23.1 Å². The van der Waals surface area contributed by atoms with Crippen LogP contribution in [0.2, 0.25) is 0 Å². The van der Waals surface area contributed by atoms with Gasteiger partial charge in [-0.3, -0.25) is 19.7 Å². The van der Waals surface area contributed by atoms with Crippen LogP contribution in [0.5, 0.6) is 5.75 Å². The number of benzene rings is 1. The molecule has 0 aliphatic carbocycles. The van der Waals surface area contributed by atoms with Gasteiger partial charge in [-0.25, -0.2) is 4.68 Å². The van der Waals surface area contributed by atoms with Gasteiger partial charge in [0.05, 0.1) is 17.7 Å². The summed E-state index contributed by atoms with van der Waals surface area (Å²) in [5.41, 5.74) is 2.59. The Morgan fingerprint density at radius 1 is 1.23 bits per heavy atom. The summed E-state index contributed by atoms with van der Waals surface area (Å²) >= 11 is 0. The maximum absolute atomic E-state index is 13.4. The molecule has 0 fully saturated rings. The van der Waals surface area contributed by atoms with Crippen LogP contribution in [-0.4, -0.2) is 27.7 Å². The summed E-state index contributed by atoms with van der Waals surface area (Å²) in [5, 5.41) is 4.19. The monoisotopic (exact) mass is 419 g/mol. The minimum Gasteiger partial charge on any atom is -0.494 e. The fraction of sp³-hybridized carbons (Fsp3) is 0.320. The number of aromatic amines is 1. The summed E-state index contributed by atoms with van der Waals surface area (Å²) in [7, 11) is 1.57. The lowest BCUT2D eigenvalue weighted by molar-refractivity contribution is -0.111. The number of carbonyl (C=O) groups excluding carboxylic acids is 1. The van der Waals surface area contributed by atoms with E-state index in [-0.39, 0.29) is 17.3 Å². The number of aromatic nitrogens is 3. The Bertz CT molecular complexity index is 1220.